The molecule has 2 unspecified atom stereocenters. The van der Waals surface area contributed by atoms with Crippen molar-refractivity contribution in [1.29, 1.82) is 0 Å². The highest BCUT2D eigenvalue weighted by molar-refractivity contribution is 4.96. The Morgan fingerprint density at radius 2 is 2.19 bits per heavy atom. The predicted octanol–water partition coefficient (Wildman–Crippen LogP) is 2.55. The average molecular weight is 292 g/mol. The van der Waals surface area contributed by atoms with E-state index in [-0.39, 0.29) is 6.04 Å². The van der Waals surface area contributed by atoms with Crippen LogP contribution in [0.5, 0.6) is 0 Å². The Labute approximate surface area is 127 Å². The molecule has 2 atom stereocenters. The topological polar surface area (TPSA) is 54.2 Å². The first-order chi connectivity index (χ1) is 10.2. The van der Waals surface area contributed by atoms with Crippen molar-refractivity contribution < 1.29 is 4.52 Å². The Bertz CT molecular complexity index is 439. The third kappa shape index (κ3) is 3.83. The fraction of sp³-hybridized carbons (Fsp3) is 0.875. The van der Waals surface area contributed by atoms with Crippen molar-refractivity contribution in [2.75, 3.05) is 19.6 Å². The first kappa shape index (κ1) is 15.0. The van der Waals surface area contributed by atoms with Crippen LogP contribution in [0.15, 0.2) is 4.52 Å². The maximum atomic E-state index is 5.48. The lowest BCUT2D eigenvalue weighted by Gasteiger charge is -2.35. The molecule has 0 aliphatic carbocycles. The number of nitrogens with one attached hydrogen (secondary N) is 1. The third-order valence-corrected chi connectivity index (χ3v) is 4.84. The zero-order valence-corrected chi connectivity index (χ0v) is 13.3. The molecule has 118 valence electrons. The van der Waals surface area contributed by atoms with Gasteiger partial charge in [0.15, 0.2) is 5.82 Å². The summed E-state index contributed by atoms with van der Waals surface area (Å²) in [6.45, 7) is 8.03. The SMILES string of the molecule is CC(C)N1CCCC(Cc2noc(C3CCCCN3)n2)C1. The fourth-order valence-electron chi connectivity index (χ4n) is 3.55. The molecule has 0 radical (unpaired) electrons. The van der Waals surface area contributed by atoms with Crippen LogP contribution in [0.1, 0.15) is 63.7 Å². The van der Waals surface area contributed by atoms with Crippen LogP contribution in [0.4, 0.5) is 0 Å². The molecule has 2 aliphatic rings. The third-order valence-electron chi connectivity index (χ3n) is 4.84. The second kappa shape index (κ2) is 6.88. The Balaban J connectivity index is 1.56. The summed E-state index contributed by atoms with van der Waals surface area (Å²) in [7, 11) is 0. The lowest BCUT2D eigenvalue weighted by molar-refractivity contribution is 0.138. The molecule has 1 aromatic rings. The molecule has 2 aliphatic heterocycles. The number of hydrogen-bond acceptors (Lipinski definition) is 5. The predicted molar refractivity (Wildman–Crippen MR) is 82.0 cm³/mol. The molecule has 0 amide bonds. The van der Waals surface area contributed by atoms with Crippen molar-refractivity contribution in [2.45, 2.75) is 64.5 Å². The first-order valence-electron chi connectivity index (χ1n) is 8.52. The second-order valence-electron chi connectivity index (χ2n) is 6.85. The van der Waals surface area contributed by atoms with Gasteiger partial charge in [0.05, 0.1) is 6.04 Å². The van der Waals surface area contributed by atoms with Gasteiger partial charge in [0, 0.05) is 19.0 Å². The van der Waals surface area contributed by atoms with Crippen molar-refractivity contribution >= 4 is 0 Å². The number of likely N-dealkylation sites (tertiary alicyclic amines) is 1. The summed E-state index contributed by atoms with van der Waals surface area (Å²) in [5.41, 5.74) is 0. The molecular weight excluding hydrogens is 264 g/mol. The lowest BCUT2D eigenvalue weighted by Crippen LogP contribution is -2.40. The molecule has 0 spiro atoms. The largest absolute Gasteiger partial charge is 0.338 e. The molecule has 0 bridgehead atoms. The van der Waals surface area contributed by atoms with E-state index in [1.807, 2.05) is 0 Å². The van der Waals surface area contributed by atoms with Gasteiger partial charge in [0.2, 0.25) is 5.89 Å². The van der Waals surface area contributed by atoms with Gasteiger partial charge in [-0.05, 0) is 58.5 Å². The standard InChI is InChI=1S/C16H28N4O/c1-12(2)20-9-5-6-13(11-20)10-15-18-16(21-19-15)14-7-3-4-8-17-14/h12-14,17H,3-11H2,1-2H3. The zero-order valence-electron chi connectivity index (χ0n) is 13.3. The number of rotatable bonds is 4. The maximum Gasteiger partial charge on any atom is 0.243 e. The average Bonchev–Trinajstić information content (AvgIpc) is 2.97. The zero-order chi connectivity index (χ0) is 14.7. The van der Waals surface area contributed by atoms with Gasteiger partial charge in [-0.15, -0.1) is 0 Å². The summed E-state index contributed by atoms with van der Waals surface area (Å²) in [5, 5.41) is 7.68. The van der Waals surface area contributed by atoms with E-state index in [4.69, 9.17) is 4.52 Å². The number of hydrogen-bond donors (Lipinski definition) is 1. The molecule has 1 N–H and O–H groups in total. The van der Waals surface area contributed by atoms with Crippen LogP contribution in [0, 0.1) is 5.92 Å². The van der Waals surface area contributed by atoms with Gasteiger partial charge in [0.25, 0.3) is 0 Å². The van der Waals surface area contributed by atoms with E-state index < -0.39 is 0 Å². The molecule has 21 heavy (non-hydrogen) atoms. The molecule has 1 aromatic heterocycles. The van der Waals surface area contributed by atoms with Crippen LogP contribution in [-0.2, 0) is 6.42 Å². The highest BCUT2D eigenvalue weighted by Crippen LogP contribution is 2.24. The molecule has 0 aromatic carbocycles. The summed E-state index contributed by atoms with van der Waals surface area (Å²) in [5.74, 6) is 2.36. The van der Waals surface area contributed by atoms with Crippen molar-refractivity contribution in [1.82, 2.24) is 20.4 Å². The minimum absolute atomic E-state index is 0.276. The summed E-state index contributed by atoms with van der Waals surface area (Å²) in [4.78, 5) is 7.21. The second-order valence-corrected chi connectivity index (χ2v) is 6.85. The Hall–Kier alpha value is -0.940. The van der Waals surface area contributed by atoms with Crippen molar-refractivity contribution in [3.8, 4) is 0 Å². The normalized spacial score (nSPS) is 28.1. The van der Waals surface area contributed by atoms with Crippen molar-refractivity contribution in [3.05, 3.63) is 11.7 Å². The van der Waals surface area contributed by atoms with Crippen LogP contribution in [0.3, 0.4) is 0 Å². The fourth-order valence-corrected chi connectivity index (χ4v) is 3.55. The van der Waals surface area contributed by atoms with E-state index in [1.165, 1.54) is 38.8 Å². The van der Waals surface area contributed by atoms with Crippen LogP contribution < -0.4 is 5.32 Å². The molecule has 5 nitrogen and oxygen atoms in total. The summed E-state index contributed by atoms with van der Waals surface area (Å²) < 4.78 is 5.48. The van der Waals surface area contributed by atoms with Crippen molar-refractivity contribution in [3.63, 3.8) is 0 Å². The Morgan fingerprint density at radius 3 is 2.95 bits per heavy atom. The van der Waals surface area contributed by atoms with E-state index >= 15 is 0 Å². The van der Waals surface area contributed by atoms with Crippen LogP contribution >= 0.6 is 0 Å². The van der Waals surface area contributed by atoms with E-state index in [2.05, 4.69) is 34.2 Å². The van der Waals surface area contributed by atoms with Crippen LogP contribution in [0.2, 0.25) is 0 Å². The number of nitrogens with zero attached hydrogens (tertiary/aromatic N) is 3. The van der Waals surface area contributed by atoms with Crippen molar-refractivity contribution in [2.24, 2.45) is 5.92 Å². The molecule has 5 heteroatoms. The Kier molecular flexibility index (Phi) is 4.91. The van der Waals surface area contributed by atoms with Gasteiger partial charge in [-0.1, -0.05) is 11.6 Å². The molecule has 2 saturated heterocycles. The summed E-state index contributed by atoms with van der Waals surface area (Å²) in [6.07, 6.45) is 7.16. The molecule has 2 fully saturated rings. The van der Waals surface area contributed by atoms with Crippen LogP contribution in [-0.4, -0.2) is 40.7 Å². The van der Waals surface area contributed by atoms with Crippen LogP contribution in [0.25, 0.3) is 0 Å². The van der Waals surface area contributed by atoms with Gasteiger partial charge in [-0.2, -0.15) is 4.98 Å². The maximum absolute atomic E-state index is 5.48. The minimum atomic E-state index is 0.276. The van der Waals surface area contributed by atoms with E-state index in [9.17, 15) is 0 Å². The molecular formula is C16H28N4O. The van der Waals surface area contributed by atoms with Gasteiger partial charge in [-0.25, -0.2) is 0 Å². The minimum Gasteiger partial charge on any atom is -0.338 e. The Morgan fingerprint density at radius 1 is 1.29 bits per heavy atom. The number of aromatic nitrogens is 2. The smallest absolute Gasteiger partial charge is 0.243 e. The van der Waals surface area contributed by atoms with E-state index in [0.29, 0.717) is 12.0 Å². The molecule has 3 rings (SSSR count). The van der Waals surface area contributed by atoms with Gasteiger partial charge >= 0.3 is 0 Å². The van der Waals surface area contributed by atoms with E-state index in [0.717, 1.165) is 31.1 Å². The summed E-state index contributed by atoms with van der Waals surface area (Å²) in [6, 6.07) is 0.915. The monoisotopic (exact) mass is 292 g/mol. The molecule has 3 heterocycles. The van der Waals surface area contributed by atoms with Gasteiger partial charge in [0.1, 0.15) is 0 Å². The highest BCUT2D eigenvalue weighted by atomic mass is 16.5. The quantitative estimate of drug-likeness (QED) is 0.924. The lowest BCUT2D eigenvalue weighted by atomic mass is 9.94. The molecule has 0 saturated carbocycles. The van der Waals surface area contributed by atoms with E-state index in [1.54, 1.807) is 0 Å². The highest BCUT2D eigenvalue weighted by Gasteiger charge is 2.25. The summed E-state index contributed by atoms with van der Waals surface area (Å²) >= 11 is 0. The first-order valence-corrected chi connectivity index (χ1v) is 8.52. The number of piperidine rings is 2. The van der Waals surface area contributed by atoms with Gasteiger partial charge in [-0.3, -0.25) is 0 Å². The van der Waals surface area contributed by atoms with Gasteiger partial charge < -0.3 is 14.7 Å².